The summed E-state index contributed by atoms with van der Waals surface area (Å²) in [4.78, 5) is 17.2. The number of hydrogen-bond donors (Lipinski definition) is 2. The SMILES string of the molecule is Cl.Cl.O=C(NCCN1CCNCC1)c1cccc(CN2CCCC2)c1. The zero-order valence-electron chi connectivity index (χ0n) is 14.7. The van der Waals surface area contributed by atoms with E-state index in [0.717, 1.165) is 51.4 Å². The minimum Gasteiger partial charge on any atom is -0.351 e. The van der Waals surface area contributed by atoms with Crippen LogP contribution in [0.3, 0.4) is 0 Å². The third kappa shape index (κ3) is 7.12. The summed E-state index contributed by atoms with van der Waals surface area (Å²) in [6, 6.07) is 8.07. The predicted octanol–water partition coefficient (Wildman–Crippen LogP) is 1.76. The van der Waals surface area contributed by atoms with Crippen LogP contribution in [-0.2, 0) is 6.54 Å². The minimum atomic E-state index is 0. The molecule has 2 aliphatic heterocycles. The van der Waals surface area contributed by atoms with Gasteiger partial charge in [-0.1, -0.05) is 12.1 Å². The summed E-state index contributed by atoms with van der Waals surface area (Å²) in [6.07, 6.45) is 2.60. The van der Waals surface area contributed by atoms with Gasteiger partial charge >= 0.3 is 0 Å². The molecule has 142 valence electrons. The van der Waals surface area contributed by atoms with Crippen molar-refractivity contribution in [3.8, 4) is 0 Å². The van der Waals surface area contributed by atoms with E-state index in [1.54, 1.807) is 0 Å². The number of rotatable bonds is 6. The average Bonchev–Trinajstić information content (AvgIpc) is 3.09. The quantitative estimate of drug-likeness (QED) is 0.779. The molecule has 0 aromatic heterocycles. The second-order valence-electron chi connectivity index (χ2n) is 6.53. The highest BCUT2D eigenvalue weighted by Gasteiger charge is 2.13. The Morgan fingerprint density at radius 1 is 1.04 bits per heavy atom. The van der Waals surface area contributed by atoms with Crippen LogP contribution < -0.4 is 10.6 Å². The van der Waals surface area contributed by atoms with Crippen molar-refractivity contribution in [2.75, 3.05) is 52.4 Å². The summed E-state index contributed by atoms with van der Waals surface area (Å²) in [5.74, 6) is 0.0448. The lowest BCUT2D eigenvalue weighted by Gasteiger charge is -2.27. The van der Waals surface area contributed by atoms with E-state index in [4.69, 9.17) is 0 Å². The normalized spacial score (nSPS) is 18.2. The van der Waals surface area contributed by atoms with Gasteiger partial charge in [0.1, 0.15) is 0 Å². The zero-order chi connectivity index (χ0) is 15.9. The first-order valence-electron chi connectivity index (χ1n) is 8.84. The van der Waals surface area contributed by atoms with Gasteiger partial charge in [0.25, 0.3) is 5.91 Å². The van der Waals surface area contributed by atoms with Crippen LogP contribution in [0.1, 0.15) is 28.8 Å². The molecule has 2 N–H and O–H groups in total. The summed E-state index contributed by atoms with van der Waals surface area (Å²) in [5, 5.41) is 6.39. The molecule has 2 heterocycles. The van der Waals surface area contributed by atoms with Crippen molar-refractivity contribution in [3.63, 3.8) is 0 Å². The maximum absolute atomic E-state index is 12.3. The zero-order valence-corrected chi connectivity index (χ0v) is 16.3. The third-order valence-electron chi connectivity index (χ3n) is 4.72. The highest BCUT2D eigenvalue weighted by atomic mass is 35.5. The summed E-state index contributed by atoms with van der Waals surface area (Å²) < 4.78 is 0. The molecule has 2 aliphatic rings. The largest absolute Gasteiger partial charge is 0.351 e. The Labute approximate surface area is 163 Å². The van der Waals surface area contributed by atoms with Gasteiger partial charge in [0.2, 0.25) is 0 Å². The predicted molar refractivity (Wildman–Crippen MR) is 107 cm³/mol. The van der Waals surface area contributed by atoms with E-state index in [0.29, 0.717) is 0 Å². The molecule has 0 spiro atoms. The Hall–Kier alpha value is -0.850. The van der Waals surface area contributed by atoms with Crippen molar-refractivity contribution in [3.05, 3.63) is 35.4 Å². The number of halogens is 2. The summed E-state index contributed by atoms with van der Waals surface area (Å²) in [5.41, 5.74) is 2.02. The molecule has 1 aromatic carbocycles. The van der Waals surface area contributed by atoms with Crippen molar-refractivity contribution in [1.82, 2.24) is 20.4 Å². The summed E-state index contributed by atoms with van der Waals surface area (Å²) in [7, 11) is 0. The van der Waals surface area contributed by atoms with Gasteiger partial charge < -0.3 is 10.6 Å². The lowest BCUT2D eigenvalue weighted by molar-refractivity contribution is 0.0947. The van der Waals surface area contributed by atoms with Gasteiger partial charge in [-0.05, 0) is 43.6 Å². The number of nitrogens with zero attached hydrogens (tertiary/aromatic N) is 2. The van der Waals surface area contributed by atoms with Crippen LogP contribution in [-0.4, -0.2) is 68.1 Å². The van der Waals surface area contributed by atoms with Crippen LogP contribution in [0, 0.1) is 0 Å². The Balaban J connectivity index is 0.00000156. The number of piperazine rings is 1. The monoisotopic (exact) mass is 388 g/mol. The topological polar surface area (TPSA) is 47.6 Å². The van der Waals surface area contributed by atoms with Gasteiger partial charge in [-0.15, -0.1) is 24.8 Å². The number of benzene rings is 1. The van der Waals surface area contributed by atoms with Gasteiger partial charge in [-0.25, -0.2) is 0 Å². The van der Waals surface area contributed by atoms with Gasteiger partial charge in [0.05, 0.1) is 0 Å². The highest BCUT2D eigenvalue weighted by Crippen LogP contribution is 2.13. The first kappa shape index (κ1) is 22.2. The van der Waals surface area contributed by atoms with Crippen molar-refractivity contribution < 1.29 is 4.79 Å². The molecule has 5 nitrogen and oxygen atoms in total. The second-order valence-corrected chi connectivity index (χ2v) is 6.53. The molecule has 1 aromatic rings. The van der Waals surface area contributed by atoms with Crippen molar-refractivity contribution in [2.45, 2.75) is 19.4 Å². The smallest absolute Gasteiger partial charge is 0.251 e. The number of likely N-dealkylation sites (tertiary alicyclic amines) is 1. The molecule has 25 heavy (non-hydrogen) atoms. The fourth-order valence-electron chi connectivity index (χ4n) is 3.37. The molecule has 0 radical (unpaired) electrons. The lowest BCUT2D eigenvalue weighted by Crippen LogP contribution is -2.46. The lowest BCUT2D eigenvalue weighted by atomic mass is 10.1. The summed E-state index contributed by atoms with van der Waals surface area (Å²) in [6.45, 7) is 9.21. The second kappa shape index (κ2) is 11.7. The summed E-state index contributed by atoms with van der Waals surface area (Å²) >= 11 is 0. The van der Waals surface area contributed by atoms with Gasteiger partial charge in [0.15, 0.2) is 0 Å². The van der Waals surface area contributed by atoms with Crippen LogP contribution in [0.15, 0.2) is 24.3 Å². The van der Waals surface area contributed by atoms with Gasteiger partial charge in [0, 0.05) is 51.4 Å². The first-order chi connectivity index (χ1) is 11.3. The number of carbonyl (C=O) groups excluding carboxylic acids is 1. The van der Waals surface area contributed by atoms with Crippen molar-refractivity contribution in [1.29, 1.82) is 0 Å². The van der Waals surface area contributed by atoms with Gasteiger partial charge in [-0.2, -0.15) is 0 Å². The Morgan fingerprint density at radius 2 is 1.76 bits per heavy atom. The molecular formula is C18H30Cl2N4O. The molecule has 2 saturated heterocycles. The highest BCUT2D eigenvalue weighted by molar-refractivity contribution is 5.94. The molecule has 0 saturated carbocycles. The number of amides is 1. The molecule has 0 unspecified atom stereocenters. The fraction of sp³-hybridized carbons (Fsp3) is 0.611. The number of nitrogens with one attached hydrogen (secondary N) is 2. The van der Waals surface area contributed by atoms with Crippen LogP contribution >= 0.6 is 24.8 Å². The number of carbonyl (C=O) groups is 1. The molecule has 7 heteroatoms. The van der Waals surface area contributed by atoms with Crippen LogP contribution in [0.4, 0.5) is 0 Å². The van der Waals surface area contributed by atoms with Crippen LogP contribution in [0.5, 0.6) is 0 Å². The van der Waals surface area contributed by atoms with E-state index in [1.807, 2.05) is 18.2 Å². The fourth-order valence-corrected chi connectivity index (χ4v) is 3.37. The maximum Gasteiger partial charge on any atom is 0.251 e. The molecular weight excluding hydrogens is 359 g/mol. The van der Waals surface area contributed by atoms with Gasteiger partial charge in [-0.3, -0.25) is 14.6 Å². The van der Waals surface area contributed by atoms with E-state index < -0.39 is 0 Å². The van der Waals surface area contributed by atoms with Crippen LogP contribution in [0.25, 0.3) is 0 Å². The first-order valence-corrected chi connectivity index (χ1v) is 8.84. The number of hydrogen-bond acceptors (Lipinski definition) is 4. The third-order valence-corrected chi connectivity index (χ3v) is 4.72. The molecule has 2 fully saturated rings. The average molecular weight is 389 g/mol. The van der Waals surface area contributed by atoms with E-state index in [-0.39, 0.29) is 30.7 Å². The Bertz CT molecular complexity index is 518. The maximum atomic E-state index is 12.3. The Kier molecular flexibility index (Phi) is 10.4. The van der Waals surface area contributed by atoms with E-state index in [1.165, 1.54) is 31.5 Å². The standard InChI is InChI=1S/C18H28N4O.2ClH/c23-18(20-8-13-21-11-6-19-7-12-21)17-5-3-4-16(14-17)15-22-9-1-2-10-22;;/h3-5,14,19H,1-2,6-13,15H2,(H,20,23);2*1H. The van der Waals surface area contributed by atoms with E-state index in [9.17, 15) is 4.79 Å². The van der Waals surface area contributed by atoms with Crippen molar-refractivity contribution >= 4 is 30.7 Å². The van der Waals surface area contributed by atoms with Crippen LogP contribution in [0.2, 0.25) is 0 Å². The molecule has 1 amide bonds. The minimum absolute atomic E-state index is 0. The van der Waals surface area contributed by atoms with Crippen molar-refractivity contribution in [2.24, 2.45) is 0 Å². The molecule has 0 atom stereocenters. The molecule has 0 bridgehead atoms. The Morgan fingerprint density at radius 3 is 2.48 bits per heavy atom. The van der Waals surface area contributed by atoms with E-state index >= 15 is 0 Å². The van der Waals surface area contributed by atoms with E-state index in [2.05, 4.69) is 26.5 Å². The molecule has 3 rings (SSSR count). The molecule has 0 aliphatic carbocycles.